The van der Waals surface area contributed by atoms with Crippen LogP contribution >= 0.6 is 0 Å². The Morgan fingerprint density at radius 2 is 2.00 bits per heavy atom. The van der Waals surface area contributed by atoms with E-state index in [0.29, 0.717) is 6.04 Å². The van der Waals surface area contributed by atoms with Gasteiger partial charge in [-0.3, -0.25) is 4.79 Å². The second kappa shape index (κ2) is 5.22. The first-order valence-electron chi connectivity index (χ1n) is 5.08. The third-order valence-electron chi connectivity index (χ3n) is 2.65. The van der Waals surface area contributed by atoms with E-state index in [9.17, 15) is 4.79 Å². The summed E-state index contributed by atoms with van der Waals surface area (Å²) in [6.45, 7) is 1.86. The molecule has 0 unspecified atom stereocenters. The van der Waals surface area contributed by atoms with Crippen LogP contribution in [0.25, 0.3) is 0 Å². The van der Waals surface area contributed by atoms with Crippen molar-refractivity contribution in [2.75, 3.05) is 7.11 Å². The molecule has 1 aliphatic rings. The Labute approximate surface area is 79.8 Å². The van der Waals surface area contributed by atoms with Crippen LogP contribution in [0.4, 0.5) is 0 Å². The van der Waals surface area contributed by atoms with Gasteiger partial charge in [0.15, 0.2) is 0 Å². The monoisotopic (exact) mass is 185 g/mol. The van der Waals surface area contributed by atoms with Crippen LogP contribution in [0, 0.1) is 0 Å². The summed E-state index contributed by atoms with van der Waals surface area (Å²) in [6.07, 6.45) is 6.30. The second-order valence-corrected chi connectivity index (χ2v) is 3.75. The molecule has 13 heavy (non-hydrogen) atoms. The number of esters is 1. The molecule has 0 aromatic heterocycles. The van der Waals surface area contributed by atoms with Crippen molar-refractivity contribution in [3.63, 3.8) is 0 Å². The lowest BCUT2D eigenvalue weighted by molar-refractivity contribution is -0.142. The van der Waals surface area contributed by atoms with Crippen LogP contribution in [0.3, 0.4) is 0 Å². The third-order valence-corrected chi connectivity index (χ3v) is 2.65. The average molecular weight is 185 g/mol. The Morgan fingerprint density at radius 1 is 1.38 bits per heavy atom. The van der Waals surface area contributed by atoms with Crippen molar-refractivity contribution in [1.82, 2.24) is 5.32 Å². The van der Waals surface area contributed by atoms with Gasteiger partial charge in [-0.1, -0.05) is 19.3 Å². The van der Waals surface area contributed by atoms with Crippen molar-refractivity contribution in [3.05, 3.63) is 0 Å². The summed E-state index contributed by atoms with van der Waals surface area (Å²) >= 11 is 0. The third kappa shape index (κ3) is 3.35. The maximum atomic E-state index is 11.1. The minimum absolute atomic E-state index is 0.159. The molecule has 0 spiro atoms. The topological polar surface area (TPSA) is 38.3 Å². The minimum atomic E-state index is -0.162. The van der Waals surface area contributed by atoms with E-state index in [1.807, 2.05) is 6.92 Å². The number of rotatable bonds is 3. The molecule has 3 heteroatoms. The fourth-order valence-electron chi connectivity index (χ4n) is 1.87. The van der Waals surface area contributed by atoms with Crippen molar-refractivity contribution >= 4 is 5.97 Å². The molecule has 0 aromatic carbocycles. The number of hydrogen-bond donors (Lipinski definition) is 1. The van der Waals surface area contributed by atoms with E-state index >= 15 is 0 Å². The number of ether oxygens (including phenoxy) is 1. The number of hydrogen-bond acceptors (Lipinski definition) is 3. The second-order valence-electron chi connectivity index (χ2n) is 3.75. The first-order valence-corrected chi connectivity index (χ1v) is 5.08. The fraction of sp³-hybridized carbons (Fsp3) is 0.900. The molecule has 1 atom stereocenters. The van der Waals surface area contributed by atoms with Gasteiger partial charge in [0.05, 0.1) is 7.11 Å². The number of nitrogens with one attached hydrogen (secondary N) is 1. The van der Waals surface area contributed by atoms with Gasteiger partial charge in [0, 0.05) is 6.04 Å². The zero-order valence-corrected chi connectivity index (χ0v) is 8.51. The van der Waals surface area contributed by atoms with Gasteiger partial charge in [0.25, 0.3) is 0 Å². The molecule has 1 aliphatic carbocycles. The van der Waals surface area contributed by atoms with Crippen molar-refractivity contribution in [2.24, 2.45) is 0 Å². The molecule has 1 saturated carbocycles. The van der Waals surface area contributed by atoms with Crippen LogP contribution in [0.2, 0.25) is 0 Å². The van der Waals surface area contributed by atoms with Crippen LogP contribution in [-0.2, 0) is 9.53 Å². The van der Waals surface area contributed by atoms with E-state index < -0.39 is 0 Å². The lowest BCUT2D eigenvalue weighted by atomic mass is 9.95. The molecular weight excluding hydrogens is 166 g/mol. The molecule has 0 amide bonds. The first-order chi connectivity index (χ1) is 6.24. The summed E-state index contributed by atoms with van der Waals surface area (Å²) in [5, 5.41) is 3.29. The van der Waals surface area contributed by atoms with Gasteiger partial charge >= 0.3 is 5.97 Å². The lowest BCUT2D eigenvalue weighted by Crippen LogP contribution is -2.42. The molecule has 1 N–H and O–H groups in total. The lowest BCUT2D eigenvalue weighted by Gasteiger charge is -2.25. The predicted octanol–water partition coefficient (Wildman–Crippen LogP) is 1.47. The van der Waals surface area contributed by atoms with E-state index in [1.54, 1.807) is 0 Å². The van der Waals surface area contributed by atoms with Crippen molar-refractivity contribution in [1.29, 1.82) is 0 Å². The summed E-state index contributed by atoms with van der Waals surface area (Å²) in [6, 6.07) is 0.357. The maximum Gasteiger partial charge on any atom is 0.322 e. The fourth-order valence-corrected chi connectivity index (χ4v) is 1.87. The Kier molecular flexibility index (Phi) is 4.22. The summed E-state index contributed by atoms with van der Waals surface area (Å²) in [4.78, 5) is 11.1. The summed E-state index contributed by atoms with van der Waals surface area (Å²) in [5.41, 5.74) is 0. The van der Waals surface area contributed by atoms with Gasteiger partial charge in [0.2, 0.25) is 0 Å². The molecule has 0 aromatic rings. The molecule has 0 heterocycles. The molecular formula is C10H19NO2. The van der Waals surface area contributed by atoms with Gasteiger partial charge in [-0.05, 0) is 19.8 Å². The predicted molar refractivity (Wildman–Crippen MR) is 51.5 cm³/mol. The molecule has 76 valence electrons. The Morgan fingerprint density at radius 3 is 2.54 bits per heavy atom. The largest absolute Gasteiger partial charge is 0.468 e. The van der Waals surface area contributed by atoms with Crippen LogP contribution in [0.15, 0.2) is 0 Å². The molecule has 1 rings (SSSR count). The minimum Gasteiger partial charge on any atom is -0.468 e. The summed E-state index contributed by atoms with van der Waals surface area (Å²) in [7, 11) is 1.43. The number of carbonyl (C=O) groups excluding carboxylic acids is 1. The zero-order valence-electron chi connectivity index (χ0n) is 8.51. The SMILES string of the molecule is COC(=O)[C@H](C)NC1CCCCC1. The standard InChI is InChI=1S/C10H19NO2/c1-8(10(12)13-2)11-9-6-4-3-5-7-9/h8-9,11H,3-7H2,1-2H3/t8-/m0/s1. The highest BCUT2D eigenvalue weighted by Crippen LogP contribution is 2.17. The average Bonchev–Trinajstić information content (AvgIpc) is 2.18. The highest BCUT2D eigenvalue weighted by atomic mass is 16.5. The Hall–Kier alpha value is -0.570. The van der Waals surface area contributed by atoms with E-state index in [4.69, 9.17) is 0 Å². The van der Waals surface area contributed by atoms with E-state index in [-0.39, 0.29) is 12.0 Å². The quantitative estimate of drug-likeness (QED) is 0.677. The summed E-state index contributed by atoms with van der Waals surface area (Å²) < 4.78 is 4.65. The van der Waals surface area contributed by atoms with Gasteiger partial charge in [-0.2, -0.15) is 0 Å². The van der Waals surface area contributed by atoms with Crippen molar-refractivity contribution in [3.8, 4) is 0 Å². The summed E-state index contributed by atoms with van der Waals surface area (Å²) in [5.74, 6) is -0.162. The maximum absolute atomic E-state index is 11.1. The molecule has 0 bridgehead atoms. The smallest absolute Gasteiger partial charge is 0.322 e. The normalized spacial score (nSPS) is 21.1. The van der Waals surface area contributed by atoms with Crippen molar-refractivity contribution < 1.29 is 9.53 Å². The van der Waals surface area contributed by atoms with E-state index in [1.165, 1.54) is 39.2 Å². The van der Waals surface area contributed by atoms with Crippen LogP contribution in [-0.4, -0.2) is 25.2 Å². The Bertz CT molecular complexity index is 164. The first kappa shape index (κ1) is 10.5. The van der Waals surface area contributed by atoms with Gasteiger partial charge in [0.1, 0.15) is 6.04 Å². The number of methoxy groups -OCH3 is 1. The van der Waals surface area contributed by atoms with Crippen molar-refractivity contribution in [2.45, 2.75) is 51.1 Å². The Balaban J connectivity index is 2.25. The molecule has 3 nitrogen and oxygen atoms in total. The molecule has 0 aliphatic heterocycles. The highest BCUT2D eigenvalue weighted by Gasteiger charge is 2.19. The van der Waals surface area contributed by atoms with Gasteiger partial charge in [-0.25, -0.2) is 0 Å². The molecule has 1 fully saturated rings. The van der Waals surface area contributed by atoms with Gasteiger partial charge < -0.3 is 10.1 Å². The molecule has 0 saturated heterocycles. The highest BCUT2D eigenvalue weighted by molar-refractivity contribution is 5.75. The van der Waals surface area contributed by atoms with Gasteiger partial charge in [-0.15, -0.1) is 0 Å². The van der Waals surface area contributed by atoms with Crippen LogP contribution in [0.5, 0.6) is 0 Å². The van der Waals surface area contributed by atoms with Crippen LogP contribution in [0.1, 0.15) is 39.0 Å². The number of carbonyl (C=O) groups is 1. The zero-order chi connectivity index (χ0) is 9.68. The van der Waals surface area contributed by atoms with E-state index in [2.05, 4.69) is 10.1 Å². The van der Waals surface area contributed by atoms with E-state index in [0.717, 1.165) is 0 Å². The molecule has 0 radical (unpaired) electrons. The van der Waals surface area contributed by atoms with Crippen LogP contribution < -0.4 is 5.32 Å².